The molecule has 0 aliphatic carbocycles. The number of carbonyl (C=O) groups is 1. The summed E-state index contributed by atoms with van der Waals surface area (Å²) < 4.78 is 1.80. The highest BCUT2D eigenvalue weighted by Gasteiger charge is 2.06. The zero-order valence-corrected chi connectivity index (χ0v) is 9.84. The molecule has 4 heteroatoms. The van der Waals surface area contributed by atoms with Crippen molar-refractivity contribution in [1.82, 2.24) is 14.8 Å². The Labute approximate surface area is 100 Å². The van der Waals surface area contributed by atoms with Gasteiger partial charge in [0, 0.05) is 44.2 Å². The van der Waals surface area contributed by atoms with Gasteiger partial charge < -0.3 is 0 Å². The Morgan fingerprint density at radius 3 is 2.88 bits per heavy atom. The fourth-order valence-corrected chi connectivity index (χ4v) is 1.73. The van der Waals surface area contributed by atoms with Crippen LogP contribution in [0.15, 0.2) is 36.8 Å². The molecule has 0 spiro atoms. The maximum Gasteiger partial charge on any atom is 0.137 e. The molecule has 17 heavy (non-hydrogen) atoms. The van der Waals surface area contributed by atoms with Gasteiger partial charge in [0.1, 0.15) is 5.78 Å². The van der Waals surface area contributed by atoms with E-state index in [0.29, 0.717) is 12.8 Å². The van der Waals surface area contributed by atoms with Crippen LogP contribution in [0.4, 0.5) is 0 Å². The lowest BCUT2D eigenvalue weighted by Crippen LogP contribution is -2.06. The van der Waals surface area contributed by atoms with E-state index in [0.717, 1.165) is 17.7 Å². The number of aromatic nitrogens is 3. The fraction of sp³-hybridized carbons (Fsp3) is 0.308. The molecule has 4 nitrogen and oxygen atoms in total. The van der Waals surface area contributed by atoms with E-state index in [1.54, 1.807) is 23.3 Å². The standard InChI is InChI=1S/C13H15N3O/c1-16-12(6-8-15-16)4-5-13(17)9-11-3-2-7-14-10-11/h2-3,6-8,10H,4-5,9H2,1H3. The predicted octanol–water partition coefficient (Wildman–Crippen LogP) is 1.56. The number of carbonyl (C=O) groups excluding carboxylic acids is 1. The molecule has 2 heterocycles. The maximum absolute atomic E-state index is 11.8. The van der Waals surface area contributed by atoms with Gasteiger partial charge in [0.2, 0.25) is 0 Å². The zero-order valence-electron chi connectivity index (χ0n) is 9.84. The van der Waals surface area contributed by atoms with Gasteiger partial charge in [0.15, 0.2) is 0 Å². The summed E-state index contributed by atoms with van der Waals surface area (Å²) in [5.41, 5.74) is 2.06. The van der Waals surface area contributed by atoms with Gasteiger partial charge in [-0.1, -0.05) is 6.07 Å². The van der Waals surface area contributed by atoms with Crippen molar-refractivity contribution in [3.63, 3.8) is 0 Å². The van der Waals surface area contributed by atoms with Crippen LogP contribution in [-0.2, 0) is 24.7 Å². The van der Waals surface area contributed by atoms with Crippen LogP contribution in [0, 0.1) is 0 Å². The van der Waals surface area contributed by atoms with E-state index >= 15 is 0 Å². The zero-order chi connectivity index (χ0) is 12.1. The summed E-state index contributed by atoms with van der Waals surface area (Å²) in [5, 5.41) is 4.07. The second kappa shape index (κ2) is 5.39. The average Bonchev–Trinajstić information content (AvgIpc) is 2.74. The maximum atomic E-state index is 11.8. The summed E-state index contributed by atoms with van der Waals surface area (Å²) in [5.74, 6) is 0.235. The third-order valence-electron chi connectivity index (χ3n) is 2.71. The Morgan fingerprint density at radius 1 is 1.35 bits per heavy atom. The minimum Gasteiger partial charge on any atom is -0.299 e. The van der Waals surface area contributed by atoms with Gasteiger partial charge in [-0.2, -0.15) is 5.10 Å². The third kappa shape index (κ3) is 3.24. The Hall–Kier alpha value is -1.97. The number of Topliss-reactive ketones (excluding diaryl/α,β-unsaturated/α-hetero) is 1. The van der Waals surface area contributed by atoms with Crippen molar-refractivity contribution in [3.05, 3.63) is 48.0 Å². The molecule has 0 saturated carbocycles. The molecule has 88 valence electrons. The average molecular weight is 229 g/mol. The lowest BCUT2D eigenvalue weighted by Gasteiger charge is -2.02. The highest BCUT2D eigenvalue weighted by atomic mass is 16.1. The first-order valence-corrected chi connectivity index (χ1v) is 5.63. The normalized spacial score (nSPS) is 10.4. The Bertz CT molecular complexity index is 490. The molecule has 0 amide bonds. The van der Waals surface area contributed by atoms with Crippen LogP contribution in [0.2, 0.25) is 0 Å². The molecule has 0 saturated heterocycles. The first-order chi connectivity index (χ1) is 8.25. The minimum atomic E-state index is 0.235. The minimum absolute atomic E-state index is 0.235. The van der Waals surface area contributed by atoms with Crippen LogP contribution in [-0.4, -0.2) is 20.5 Å². The van der Waals surface area contributed by atoms with Crippen molar-refractivity contribution in [1.29, 1.82) is 0 Å². The van der Waals surface area contributed by atoms with Gasteiger partial charge in [-0.05, 0) is 24.1 Å². The largest absolute Gasteiger partial charge is 0.299 e. The number of hydrogen-bond acceptors (Lipinski definition) is 3. The van der Waals surface area contributed by atoms with Gasteiger partial charge in [0.05, 0.1) is 0 Å². The number of aryl methyl sites for hydroxylation is 2. The summed E-state index contributed by atoms with van der Waals surface area (Å²) in [4.78, 5) is 15.8. The molecule has 0 unspecified atom stereocenters. The van der Waals surface area contributed by atoms with Crippen molar-refractivity contribution >= 4 is 5.78 Å². The summed E-state index contributed by atoms with van der Waals surface area (Å²) in [6.45, 7) is 0. The summed E-state index contributed by atoms with van der Waals surface area (Å²) in [7, 11) is 1.89. The number of hydrogen-bond donors (Lipinski definition) is 0. The molecular formula is C13H15N3O. The van der Waals surface area contributed by atoms with Crippen molar-refractivity contribution in [2.45, 2.75) is 19.3 Å². The molecule has 2 rings (SSSR count). The van der Waals surface area contributed by atoms with Crippen LogP contribution in [0.25, 0.3) is 0 Å². The van der Waals surface area contributed by atoms with Crippen LogP contribution in [0.3, 0.4) is 0 Å². The molecule has 0 atom stereocenters. The monoisotopic (exact) mass is 229 g/mol. The molecular weight excluding hydrogens is 214 g/mol. The lowest BCUT2D eigenvalue weighted by molar-refractivity contribution is -0.118. The number of ketones is 1. The predicted molar refractivity (Wildman–Crippen MR) is 64.5 cm³/mol. The quantitative estimate of drug-likeness (QED) is 0.781. The first-order valence-electron chi connectivity index (χ1n) is 5.63. The molecule has 0 radical (unpaired) electrons. The van der Waals surface area contributed by atoms with Crippen molar-refractivity contribution in [2.75, 3.05) is 0 Å². The van der Waals surface area contributed by atoms with Gasteiger partial charge >= 0.3 is 0 Å². The molecule has 0 bridgehead atoms. The molecule has 2 aromatic rings. The second-order valence-corrected chi connectivity index (χ2v) is 4.02. The molecule has 0 aliphatic rings. The summed E-state index contributed by atoms with van der Waals surface area (Å²) in [6.07, 6.45) is 6.96. The van der Waals surface area contributed by atoms with E-state index in [2.05, 4.69) is 10.1 Å². The SMILES string of the molecule is Cn1nccc1CCC(=O)Cc1cccnc1. The van der Waals surface area contributed by atoms with Crippen LogP contribution in [0.1, 0.15) is 17.7 Å². The van der Waals surface area contributed by atoms with E-state index in [1.165, 1.54) is 0 Å². The second-order valence-electron chi connectivity index (χ2n) is 4.02. The van der Waals surface area contributed by atoms with Crippen LogP contribution < -0.4 is 0 Å². The van der Waals surface area contributed by atoms with Crippen molar-refractivity contribution < 1.29 is 4.79 Å². The Balaban J connectivity index is 1.84. The number of rotatable bonds is 5. The Morgan fingerprint density at radius 2 is 2.24 bits per heavy atom. The van der Waals surface area contributed by atoms with Crippen LogP contribution >= 0.6 is 0 Å². The van der Waals surface area contributed by atoms with Crippen molar-refractivity contribution in [2.24, 2.45) is 7.05 Å². The molecule has 0 aromatic carbocycles. The van der Waals surface area contributed by atoms with E-state index in [1.807, 2.05) is 25.2 Å². The van der Waals surface area contributed by atoms with E-state index in [4.69, 9.17) is 0 Å². The topological polar surface area (TPSA) is 47.8 Å². The van der Waals surface area contributed by atoms with E-state index in [-0.39, 0.29) is 5.78 Å². The van der Waals surface area contributed by atoms with Crippen LogP contribution in [0.5, 0.6) is 0 Å². The van der Waals surface area contributed by atoms with E-state index in [9.17, 15) is 4.79 Å². The summed E-state index contributed by atoms with van der Waals surface area (Å²) in [6, 6.07) is 5.72. The number of pyridine rings is 1. The highest BCUT2D eigenvalue weighted by molar-refractivity contribution is 5.80. The van der Waals surface area contributed by atoms with Gasteiger partial charge in [-0.15, -0.1) is 0 Å². The van der Waals surface area contributed by atoms with Gasteiger partial charge in [-0.3, -0.25) is 14.5 Å². The van der Waals surface area contributed by atoms with Gasteiger partial charge in [0.25, 0.3) is 0 Å². The van der Waals surface area contributed by atoms with Gasteiger partial charge in [-0.25, -0.2) is 0 Å². The highest BCUT2D eigenvalue weighted by Crippen LogP contribution is 2.05. The molecule has 0 aliphatic heterocycles. The lowest BCUT2D eigenvalue weighted by atomic mass is 10.1. The third-order valence-corrected chi connectivity index (χ3v) is 2.71. The molecule has 0 fully saturated rings. The fourth-order valence-electron chi connectivity index (χ4n) is 1.73. The molecule has 2 aromatic heterocycles. The first kappa shape index (κ1) is 11.5. The summed E-state index contributed by atoms with van der Waals surface area (Å²) >= 11 is 0. The number of nitrogens with zero attached hydrogens (tertiary/aromatic N) is 3. The van der Waals surface area contributed by atoms with Crippen molar-refractivity contribution in [3.8, 4) is 0 Å². The van der Waals surface area contributed by atoms with E-state index < -0.39 is 0 Å². The smallest absolute Gasteiger partial charge is 0.137 e. The Kier molecular flexibility index (Phi) is 3.65. The molecule has 0 N–H and O–H groups in total.